The van der Waals surface area contributed by atoms with Crippen LogP contribution >= 0.6 is 0 Å². The second-order valence-corrected chi connectivity index (χ2v) is 13.6. The molecule has 0 atom stereocenters. The lowest BCUT2D eigenvalue weighted by molar-refractivity contribution is 0.485. The predicted octanol–water partition coefficient (Wildman–Crippen LogP) is 9.01. The molecule has 0 aliphatic carbocycles. The zero-order valence-electron chi connectivity index (χ0n) is 24.2. The molecule has 0 radical (unpaired) electrons. The zero-order valence-corrected chi connectivity index (χ0v) is 25.9. The monoisotopic (exact) mass is 642 g/mol. The molecular weight excluding hydrogens is 617 g/mol. The van der Waals surface area contributed by atoms with Gasteiger partial charge in [0, 0.05) is 32.7 Å². The Morgan fingerprint density at radius 3 is 1.20 bits per heavy atom. The molecule has 1 N–H and O–H groups in total. The molecule has 7 aromatic carbocycles. The zero-order chi connectivity index (χ0) is 31.9. The number of benzene rings is 7. The lowest BCUT2D eigenvalue weighted by atomic mass is 9.93. The molecule has 0 aromatic heterocycles. The normalized spacial score (nSPS) is 11.9. The van der Waals surface area contributed by atoms with E-state index in [2.05, 4.69) is 0 Å². The van der Waals surface area contributed by atoms with Crippen LogP contribution in [0.15, 0.2) is 161 Å². The summed E-state index contributed by atoms with van der Waals surface area (Å²) >= 11 is 0. The maximum Gasteiger partial charge on any atom is 0.340 e. The van der Waals surface area contributed by atoms with Crippen LogP contribution in [0.25, 0.3) is 54.9 Å². The van der Waals surface area contributed by atoms with Crippen molar-refractivity contribution in [2.45, 2.75) is 9.79 Å². The van der Waals surface area contributed by atoms with E-state index in [0.29, 0.717) is 22.3 Å². The van der Waals surface area contributed by atoms with Gasteiger partial charge in [-0.3, -0.25) is 4.55 Å². The Morgan fingerprint density at radius 2 is 0.783 bits per heavy atom. The first-order valence-corrected chi connectivity index (χ1v) is 17.3. The van der Waals surface area contributed by atoms with Crippen molar-refractivity contribution in [2.75, 3.05) is 0 Å². The molecule has 8 heteroatoms. The molecule has 0 spiro atoms. The Bertz CT molecular complexity index is 2340. The Morgan fingerprint density at radius 1 is 0.413 bits per heavy atom. The van der Waals surface area contributed by atoms with Crippen molar-refractivity contribution in [1.29, 1.82) is 0 Å². The van der Waals surface area contributed by atoms with Gasteiger partial charge in [0.25, 0.3) is 10.1 Å². The Balaban J connectivity index is 1.55. The summed E-state index contributed by atoms with van der Waals surface area (Å²) in [5.74, 6) is -0.0382. The molecule has 0 saturated carbocycles. The molecule has 0 aliphatic heterocycles. The van der Waals surface area contributed by atoms with E-state index in [1.807, 2.05) is 103 Å². The van der Waals surface area contributed by atoms with Gasteiger partial charge in [-0.1, -0.05) is 140 Å². The summed E-state index contributed by atoms with van der Waals surface area (Å²) in [5.41, 5.74) is 3.99. The number of rotatable bonds is 7. The second kappa shape index (κ2) is 11.6. The van der Waals surface area contributed by atoms with Crippen LogP contribution in [0.3, 0.4) is 0 Å². The molecule has 0 amide bonds. The maximum atomic E-state index is 14.8. The topological polar surface area (TPSA) is 97.7 Å². The van der Waals surface area contributed by atoms with Gasteiger partial charge < -0.3 is 4.18 Å². The molecule has 226 valence electrons. The van der Waals surface area contributed by atoms with Crippen LogP contribution in [0.4, 0.5) is 0 Å². The van der Waals surface area contributed by atoms with Gasteiger partial charge in [-0.25, -0.2) is 0 Å². The minimum absolute atomic E-state index is 0.0309. The summed E-state index contributed by atoms with van der Waals surface area (Å²) in [7, 11) is -9.30. The first-order chi connectivity index (χ1) is 22.2. The van der Waals surface area contributed by atoms with E-state index in [0.717, 1.165) is 11.1 Å². The highest BCUT2D eigenvalue weighted by Gasteiger charge is 2.31. The minimum Gasteiger partial charge on any atom is -0.378 e. The van der Waals surface area contributed by atoms with E-state index < -0.39 is 20.2 Å². The summed E-state index contributed by atoms with van der Waals surface area (Å²) in [6.45, 7) is 0. The quantitative estimate of drug-likeness (QED) is 0.106. The second-order valence-electron chi connectivity index (χ2n) is 10.8. The highest BCUT2D eigenvalue weighted by molar-refractivity contribution is 7.87. The molecule has 0 bridgehead atoms. The summed E-state index contributed by atoms with van der Waals surface area (Å²) in [6.07, 6.45) is 0. The van der Waals surface area contributed by atoms with E-state index in [1.165, 1.54) is 12.1 Å². The first-order valence-electron chi connectivity index (χ1n) is 14.4. The molecule has 6 nitrogen and oxygen atoms in total. The van der Waals surface area contributed by atoms with Gasteiger partial charge in [0.15, 0.2) is 5.75 Å². The van der Waals surface area contributed by atoms with Crippen molar-refractivity contribution in [2.24, 2.45) is 0 Å². The standard InChI is InChI=1S/C38H26O6S2/c39-45(40,41)37-32-22-12-10-20-30(32)36(31-21-11-13-23-33(31)37)44-46(42,43)38-34(27-16-6-2-7-17-27)24-29(26-14-4-1-5-15-26)25-35(38)28-18-8-3-9-19-28/h1-25H,(H,39,40,41). The highest BCUT2D eigenvalue weighted by atomic mass is 32.2. The van der Waals surface area contributed by atoms with E-state index in [1.54, 1.807) is 36.4 Å². The largest absolute Gasteiger partial charge is 0.378 e. The first kappa shape index (κ1) is 29.4. The Hall–Kier alpha value is -5.28. The van der Waals surface area contributed by atoms with Gasteiger partial charge in [-0.2, -0.15) is 16.8 Å². The lowest BCUT2D eigenvalue weighted by Crippen LogP contribution is -2.14. The van der Waals surface area contributed by atoms with Crippen LogP contribution in [0, 0.1) is 0 Å². The fourth-order valence-corrected chi connectivity index (χ4v) is 8.21. The van der Waals surface area contributed by atoms with Crippen LogP contribution in [-0.2, 0) is 20.2 Å². The van der Waals surface area contributed by atoms with Gasteiger partial charge in [0.05, 0.1) is 0 Å². The fourth-order valence-electron chi connectivity index (χ4n) is 5.93. The average Bonchev–Trinajstić information content (AvgIpc) is 3.08. The predicted molar refractivity (Wildman–Crippen MR) is 182 cm³/mol. The highest BCUT2D eigenvalue weighted by Crippen LogP contribution is 2.45. The molecule has 7 rings (SSSR count). The van der Waals surface area contributed by atoms with Crippen LogP contribution in [0.1, 0.15) is 0 Å². The van der Waals surface area contributed by atoms with E-state index in [4.69, 9.17) is 4.18 Å². The molecule has 0 aliphatic rings. The number of hydrogen-bond donors (Lipinski definition) is 1. The van der Waals surface area contributed by atoms with Crippen LogP contribution in [0.2, 0.25) is 0 Å². The third-order valence-electron chi connectivity index (χ3n) is 7.90. The molecule has 7 aromatic rings. The summed E-state index contributed by atoms with van der Waals surface area (Å²) in [6, 6.07) is 44.7. The van der Waals surface area contributed by atoms with Crippen LogP contribution in [0.5, 0.6) is 5.75 Å². The van der Waals surface area contributed by atoms with Gasteiger partial charge in [-0.15, -0.1) is 0 Å². The summed E-state index contributed by atoms with van der Waals surface area (Å²) in [5, 5.41) is 0.724. The smallest absolute Gasteiger partial charge is 0.340 e. The van der Waals surface area contributed by atoms with Gasteiger partial charge in [0.1, 0.15) is 9.79 Å². The van der Waals surface area contributed by atoms with Crippen molar-refractivity contribution in [3.63, 3.8) is 0 Å². The summed E-state index contributed by atoms with van der Waals surface area (Å²) < 4.78 is 71.3. The van der Waals surface area contributed by atoms with Gasteiger partial charge in [0.2, 0.25) is 0 Å². The lowest BCUT2D eigenvalue weighted by Gasteiger charge is -2.20. The van der Waals surface area contributed by atoms with E-state index in [-0.39, 0.29) is 37.1 Å². The van der Waals surface area contributed by atoms with Crippen molar-refractivity contribution < 1.29 is 25.6 Å². The molecule has 0 fully saturated rings. The molecule has 0 unspecified atom stereocenters. The van der Waals surface area contributed by atoms with E-state index >= 15 is 0 Å². The van der Waals surface area contributed by atoms with E-state index in [9.17, 15) is 21.4 Å². The average molecular weight is 643 g/mol. The third-order valence-corrected chi connectivity index (χ3v) is 10.2. The molecule has 0 saturated heterocycles. The maximum absolute atomic E-state index is 14.8. The molecule has 46 heavy (non-hydrogen) atoms. The Kier molecular flexibility index (Phi) is 7.41. The van der Waals surface area contributed by atoms with Gasteiger partial charge >= 0.3 is 10.1 Å². The third kappa shape index (κ3) is 5.32. The fraction of sp³-hybridized carbons (Fsp3) is 0. The SMILES string of the molecule is O=S(=O)(O)c1c2ccccc2c(OS(=O)(=O)c2c(-c3ccccc3)cc(-c3ccccc3)cc2-c2ccccc2)c2ccccc12. The molecule has 0 heterocycles. The molecular formula is C38H26O6S2. The van der Waals surface area contributed by atoms with Crippen molar-refractivity contribution in [3.05, 3.63) is 152 Å². The van der Waals surface area contributed by atoms with Crippen molar-refractivity contribution in [1.82, 2.24) is 0 Å². The minimum atomic E-state index is -4.69. The summed E-state index contributed by atoms with van der Waals surface area (Å²) in [4.78, 5) is -0.345. The van der Waals surface area contributed by atoms with Gasteiger partial charge in [-0.05, 0) is 34.4 Å². The van der Waals surface area contributed by atoms with Crippen molar-refractivity contribution in [3.8, 4) is 39.1 Å². The van der Waals surface area contributed by atoms with Crippen LogP contribution in [-0.4, -0.2) is 21.4 Å². The number of fused-ring (bicyclic) bond motifs is 2. The Labute approximate surface area is 267 Å². The van der Waals surface area contributed by atoms with Crippen molar-refractivity contribution >= 4 is 41.8 Å². The number of hydrogen-bond acceptors (Lipinski definition) is 5. The van der Waals surface area contributed by atoms with Crippen LogP contribution < -0.4 is 4.18 Å².